The molecule has 2 atom stereocenters. The fraction of sp³-hybridized carbons (Fsp3) is 0.538. The summed E-state index contributed by atoms with van der Waals surface area (Å²) in [6, 6.07) is 5.36. The van der Waals surface area contributed by atoms with Gasteiger partial charge in [0.2, 0.25) is 10.0 Å². The molecule has 0 aromatic heterocycles. The van der Waals surface area contributed by atoms with Gasteiger partial charge in [-0.05, 0) is 60.8 Å². The number of hydrogen-bond donors (Lipinski definition) is 0. The highest BCUT2D eigenvalue weighted by Gasteiger charge is 2.36. The zero-order chi connectivity index (χ0) is 14.2. The van der Waals surface area contributed by atoms with Gasteiger partial charge in [0.15, 0.2) is 0 Å². The van der Waals surface area contributed by atoms with Gasteiger partial charge in [0, 0.05) is 21.0 Å². The smallest absolute Gasteiger partial charge is 0.207 e. The van der Waals surface area contributed by atoms with E-state index in [1.165, 1.54) is 0 Å². The van der Waals surface area contributed by atoms with Crippen LogP contribution in [-0.4, -0.2) is 24.8 Å². The Bertz CT molecular complexity index is 564. The SMILES string of the molecule is CC1CCCC(C)N1S(=O)(=O)c1cc(Br)ccc1Br. The molecule has 1 saturated heterocycles. The van der Waals surface area contributed by atoms with Crippen LogP contribution in [0.3, 0.4) is 0 Å². The molecular weight excluding hydrogens is 394 g/mol. The number of hydrogen-bond acceptors (Lipinski definition) is 2. The van der Waals surface area contributed by atoms with Gasteiger partial charge in [0.25, 0.3) is 0 Å². The van der Waals surface area contributed by atoms with Crippen molar-refractivity contribution in [2.75, 3.05) is 0 Å². The third-order valence-corrected chi connectivity index (χ3v) is 7.18. The number of piperidine rings is 1. The summed E-state index contributed by atoms with van der Waals surface area (Å²) in [6.45, 7) is 3.97. The molecule has 2 rings (SSSR count). The fourth-order valence-corrected chi connectivity index (χ4v) is 6.01. The number of sulfonamides is 1. The van der Waals surface area contributed by atoms with Crippen molar-refractivity contribution in [3.63, 3.8) is 0 Å². The second kappa shape index (κ2) is 5.84. The van der Waals surface area contributed by atoms with Crippen LogP contribution in [0, 0.1) is 0 Å². The van der Waals surface area contributed by atoms with Crippen LogP contribution in [0.4, 0.5) is 0 Å². The third kappa shape index (κ3) is 3.06. The summed E-state index contributed by atoms with van der Waals surface area (Å²) in [6.07, 6.45) is 2.94. The van der Waals surface area contributed by atoms with Crippen LogP contribution in [-0.2, 0) is 10.0 Å². The van der Waals surface area contributed by atoms with E-state index < -0.39 is 10.0 Å². The third-order valence-electron chi connectivity index (χ3n) is 3.56. The van der Waals surface area contributed by atoms with Crippen LogP contribution in [0.25, 0.3) is 0 Å². The van der Waals surface area contributed by atoms with E-state index in [4.69, 9.17) is 0 Å². The summed E-state index contributed by atoms with van der Waals surface area (Å²) in [4.78, 5) is 0.336. The zero-order valence-electron chi connectivity index (χ0n) is 10.9. The van der Waals surface area contributed by atoms with Crippen molar-refractivity contribution in [3.05, 3.63) is 27.1 Å². The van der Waals surface area contributed by atoms with Crippen LogP contribution in [0.2, 0.25) is 0 Å². The van der Waals surface area contributed by atoms with E-state index in [1.54, 1.807) is 16.4 Å². The first-order valence-electron chi connectivity index (χ1n) is 6.32. The lowest BCUT2D eigenvalue weighted by Crippen LogP contribution is -2.47. The van der Waals surface area contributed by atoms with Gasteiger partial charge in [-0.3, -0.25) is 0 Å². The van der Waals surface area contributed by atoms with Gasteiger partial charge in [-0.15, -0.1) is 0 Å². The standard InChI is InChI=1S/C13H17Br2NO2S/c1-9-4-3-5-10(2)16(9)19(17,18)13-8-11(14)6-7-12(13)15/h6-10H,3-5H2,1-2H3. The minimum Gasteiger partial charge on any atom is -0.207 e. The predicted molar refractivity (Wildman–Crippen MR) is 83.6 cm³/mol. The van der Waals surface area contributed by atoms with E-state index in [0.29, 0.717) is 9.37 Å². The molecule has 1 fully saturated rings. The van der Waals surface area contributed by atoms with Gasteiger partial charge in [-0.2, -0.15) is 4.31 Å². The lowest BCUT2D eigenvalue weighted by Gasteiger charge is -2.37. The van der Waals surface area contributed by atoms with E-state index in [-0.39, 0.29) is 12.1 Å². The Morgan fingerprint density at radius 2 is 1.74 bits per heavy atom. The highest BCUT2D eigenvalue weighted by Crippen LogP contribution is 2.33. The van der Waals surface area contributed by atoms with Crippen molar-refractivity contribution in [3.8, 4) is 0 Å². The van der Waals surface area contributed by atoms with Crippen molar-refractivity contribution in [2.24, 2.45) is 0 Å². The highest BCUT2D eigenvalue weighted by atomic mass is 79.9. The molecule has 0 amide bonds. The summed E-state index contributed by atoms with van der Waals surface area (Å²) in [5.74, 6) is 0. The van der Waals surface area contributed by atoms with Crippen molar-refractivity contribution < 1.29 is 8.42 Å². The van der Waals surface area contributed by atoms with Crippen molar-refractivity contribution in [1.82, 2.24) is 4.31 Å². The molecule has 1 aliphatic heterocycles. The van der Waals surface area contributed by atoms with Gasteiger partial charge in [-0.1, -0.05) is 22.4 Å². The van der Waals surface area contributed by atoms with Gasteiger partial charge in [0.05, 0.1) is 4.90 Å². The molecule has 3 nitrogen and oxygen atoms in total. The number of benzene rings is 1. The minimum absolute atomic E-state index is 0.0552. The summed E-state index contributed by atoms with van der Waals surface area (Å²) in [5, 5.41) is 0. The largest absolute Gasteiger partial charge is 0.244 e. The minimum atomic E-state index is -3.46. The van der Waals surface area contributed by atoms with Gasteiger partial charge in [-0.25, -0.2) is 8.42 Å². The van der Waals surface area contributed by atoms with E-state index in [0.717, 1.165) is 23.7 Å². The molecule has 1 aromatic rings. The summed E-state index contributed by atoms with van der Waals surface area (Å²) in [7, 11) is -3.46. The molecule has 0 aliphatic carbocycles. The lowest BCUT2D eigenvalue weighted by atomic mass is 10.0. The maximum Gasteiger partial charge on any atom is 0.244 e. The second-order valence-corrected chi connectivity index (χ2v) is 8.62. The van der Waals surface area contributed by atoms with E-state index in [1.807, 2.05) is 19.9 Å². The quantitative estimate of drug-likeness (QED) is 0.733. The predicted octanol–water partition coefficient (Wildman–Crippen LogP) is 4.16. The molecule has 2 unspecified atom stereocenters. The van der Waals surface area contributed by atoms with E-state index in [9.17, 15) is 8.42 Å². The Hall–Kier alpha value is 0.0900. The molecule has 1 aromatic carbocycles. The first-order chi connectivity index (χ1) is 8.84. The van der Waals surface area contributed by atoms with Crippen LogP contribution < -0.4 is 0 Å². The molecule has 6 heteroatoms. The Morgan fingerprint density at radius 1 is 1.16 bits per heavy atom. The molecule has 0 radical (unpaired) electrons. The first kappa shape index (κ1) is 15.5. The summed E-state index contributed by atoms with van der Waals surface area (Å²) >= 11 is 6.69. The molecule has 0 saturated carbocycles. The fourth-order valence-electron chi connectivity index (χ4n) is 2.66. The second-order valence-electron chi connectivity index (χ2n) is 5.04. The number of nitrogens with zero attached hydrogens (tertiary/aromatic N) is 1. The summed E-state index contributed by atoms with van der Waals surface area (Å²) < 4.78 is 28.7. The first-order valence-corrected chi connectivity index (χ1v) is 9.35. The maximum absolute atomic E-state index is 12.9. The van der Waals surface area contributed by atoms with Gasteiger partial charge >= 0.3 is 0 Å². The Balaban J connectivity index is 2.49. The molecule has 0 spiro atoms. The zero-order valence-corrected chi connectivity index (χ0v) is 14.9. The molecule has 1 aliphatic rings. The monoisotopic (exact) mass is 409 g/mol. The van der Waals surface area contributed by atoms with Crippen LogP contribution in [0.15, 0.2) is 32.0 Å². The average Bonchev–Trinajstić information content (AvgIpc) is 2.31. The van der Waals surface area contributed by atoms with Crippen molar-refractivity contribution in [2.45, 2.75) is 50.1 Å². The van der Waals surface area contributed by atoms with Gasteiger partial charge in [0.1, 0.15) is 0 Å². The molecule has 0 N–H and O–H groups in total. The van der Waals surface area contributed by atoms with Crippen molar-refractivity contribution in [1.29, 1.82) is 0 Å². The normalized spacial score (nSPS) is 25.5. The lowest BCUT2D eigenvalue weighted by molar-refractivity contribution is 0.204. The van der Waals surface area contributed by atoms with Gasteiger partial charge < -0.3 is 0 Å². The van der Waals surface area contributed by atoms with Crippen LogP contribution in [0.1, 0.15) is 33.1 Å². The molecule has 106 valence electrons. The summed E-state index contributed by atoms with van der Waals surface area (Å²) in [5.41, 5.74) is 0. The highest BCUT2D eigenvalue weighted by molar-refractivity contribution is 9.11. The maximum atomic E-state index is 12.9. The molecule has 19 heavy (non-hydrogen) atoms. The molecular formula is C13H17Br2NO2S. The molecule has 1 heterocycles. The van der Waals surface area contributed by atoms with Crippen molar-refractivity contribution >= 4 is 41.9 Å². The Morgan fingerprint density at radius 3 is 2.32 bits per heavy atom. The topological polar surface area (TPSA) is 37.4 Å². The number of rotatable bonds is 2. The van der Waals surface area contributed by atoms with E-state index in [2.05, 4.69) is 31.9 Å². The Kier molecular flexibility index (Phi) is 4.75. The van der Waals surface area contributed by atoms with Crippen LogP contribution in [0.5, 0.6) is 0 Å². The van der Waals surface area contributed by atoms with Crippen LogP contribution >= 0.6 is 31.9 Å². The Labute approximate surface area is 131 Å². The van der Waals surface area contributed by atoms with E-state index >= 15 is 0 Å². The number of halogens is 2. The average molecular weight is 411 g/mol. The molecule has 0 bridgehead atoms.